The second-order valence-corrected chi connectivity index (χ2v) is 4.17. The number of anilines is 3. The Bertz CT molecular complexity index is 593. The van der Waals surface area contributed by atoms with Gasteiger partial charge in [-0.3, -0.25) is 4.79 Å². The molecule has 0 spiro atoms. The molecule has 0 saturated carbocycles. The highest BCUT2D eigenvalue weighted by Gasteiger charge is 2.08. The van der Waals surface area contributed by atoms with E-state index in [-0.39, 0.29) is 5.91 Å². The molecule has 92 valence electrons. The molecule has 2 aromatic carbocycles. The Hall–Kier alpha value is -2.49. The van der Waals surface area contributed by atoms with Crippen LogP contribution in [-0.4, -0.2) is 5.91 Å². The SMILES string of the molecule is Cc1ccc(NC(=O)c2cccc(N)c2)c(N)c1. The minimum absolute atomic E-state index is 0.224. The highest BCUT2D eigenvalue weighted by Crippen LogP contribution is 2.20. The van der Waals surface area contributed by atoms with Crippen molar-refractivity contribution in [2.45, 2.75) is 6.92 Å². The Morgan fingerprint density at radius 1 is 1.11 bits per heavy atom. The van der Waals surface area contributed by atoms with Crippen LogP contribution < -0.4 is 16.8 Å². The lowest BCUT2D eigenvalue weighted by Gasteiger charge is -2.09. The van der Waals surface area contributed by atoms with Gasteiger partial charge >= 0.3 is 0 Å². The second kappa shape index (κ2) is 4.79. The van der Waals surface area contributed by atoms with E-state index in [1.165, 1.54) is 0 Å². The standard InChI is InChI=1S/C14H15N3O/c1-9-5-6-13(12(16)7-9)17-14(18)10-3-2-4-11(15)8-10/h2-8H,15-16H2,1H3,(H,17,18). The predicted octanol–water partition coefficient (Wildman–Crippen LogP) is 2.41. The van der Waals surface area contributed by atoms with E-state index in [0.29, 0.717) is 22.6 Å². The summed E-state index contributed by atoms with van der Waals surface area (Å²) < 4.78 is 0. The number of rotatable bonds is 2. The zero-order valence-corrected chi connectivity index (χ0v) is 10.1. The maximum atomic E-state index is 12.0. The molecule has 4 heteroatoms. The summed E-state index contributed by atoms with van der Waals surface area (Å²) in [4.78, 5) is 12.0. The van der Waals surface area contributed by atoms with Crippen LogP contribution in [0.5, 0.6) is 0 Å². The Balaban J connectivity index is 2.21. The number of amides is 1. The van der Waals surface area contributed by atoms with Crippen molar-refractivity contribution >= 4 is 23.0 Å². The van der Waals surface area contributed by atoms with E-state index in [2.05, 4.69) is 5.32 Å². The third-order valence-corrected chi connectivity index (χ3v) is 2.60. The molecule has 0 aliphatic heterocycles. The van der Waals surface area contributed by atoms with Gasteiger partial charge in [0.15, 0.2) is 0 Å². The highest BCUT2D eigenvalue weighted by molar-refractivity contribution is 6.06. The van der Waals surface area contributed by atoms with Crippen LogP contribution in [0.25, 0.3) is 0 Å². The van der Waals surface area contributed by atoms with Gasteiger partial charge < -0.3 is 16.8 Å². The second-order valence-electron chi connectivity index (χ2n) is 4.17. The lowest BCUT2D eigenvalue weighted by Crippen LogP contribution is -2.13. The molecule has 0 atom stereocenters. The molecular weight excluding hydrogens is 226 g/mol. The quantitative estimate of drug-likeness (QED) is 0.706. The number of hydrogen-bond acceptors (Lipinski definition) is 3. The van der Waals surface area contributed by atoms with E-state index >= 15 is 0 Å². The average Bonchev–Trinajstić information content (AvgIpc) is 2.32. The zero-order valence-electron chi connectivity index (χ0n) is 10.1. The minimum atomic E-state index is -0.224. The fraction of sp³-hybridized carbons (Fsp3) is 0.0714. The van der Waals surface area contributed by atoms with Gasteiger partial charge in [0.1, 0.15) is 0 Å². The third kappa shape index (κ3) is 2.60. The molecule has 2 aromatic rings. The van der Waals surface area contributed by atoms with Gasteiger partial charge in [0, 0.05) is 11.3 Å². The summed E-state index contributed by atoms with van der Waals surface area (Å²) in [6.07, 6.45) is 0. The topological polar surface area (TPSA) is 81.1 Å². The maximum absolute atomic E-state index is 12.0. The smallest absolute Gasteiger partial charge is 0.255 e. The first-order valence-electron chi connectivity index (χ1n) is 5.59. The van der Waals surface area contributed by atoms with Gasteiger partial charge in [-0.05, 0) is 42.8 Å². The van der Waals surface area contributed by atoms with E-state index in [4.69, 9.17) is 11.5 Å². The summed E-state index contributed by atoms with van der Waals surface area (Å²) in [7, 11) is 0. The predicted molar refractivity (Wildman–Crippen MR) is 74.4 cm³/mol. The van der Waals surface area contributed by atoms with Crippen LogP contribution in [0.4, 0.5) is 17.1 Å². The molecule has 0 aliphatic carbocycles. The van der Waals surface area contributed by atoms with Gasteiger partial charge in [-0.1, -0.05) is 12.1 Å². The maximum Gasteiger partial charge on any atom is 0.255 e. The summed E-state index contributed by atoms with van der Waals surface area (Å²) in [6, 6.07) is 12.3. The summed E-state index contributed by atoms with van der Waals surface area (Å²) in [5.41, 5.74) is 14.7. The van der Waals surface area contributed by atoms with E-state index < -0.39 is 0 Å². The van der Waals surface area contributed by atoms with Crippen molar-refractivity contribution in [3.05, 3.63) is 53.6 Å². The molecule has 4 nitrogen and oxygen atoms in total. The van der Waals surface area contributed by atoms with Crippen molar-refractivity contribution in [3.8, 4) is 0 Å². The summed E-state index contributed by atoms with van der Waals surface area (Å²) in [6.45, 7) is 1.94. The Labute approximate surface area is 106 Å². The fourth-order valence-electron chi connectivity index (χ4n) is 1.67. The third-order valence-electron chi connectivity index (χ3n) is 2.60. The Kier molecular flexibility index (Phi) is 3.19. The number of nitrogens with two attached hydrogens (primary N) is 2. The normalized spacial score (nSPS) is 10.1. The number of hydrogen-bond donors (Lipinski definition) is 3. The van der Waals surface area contributed by atoms with Gasteiger partial charge in [-0.2, -0.15) is 0 Å². The van der Waals surface area contributed by atoms with Crippen molar-refractivity contribution in [2.24, 2.45) is 0 Å². The molecule has 18 heavy (non-hydrogen) atoms. The molecular formula is C14H15N3O. The van der Waals surface area contributed by atoms with Gasteiger partial charge in [-0.25, -0.2) is 0 Å². The van der Waals surface area contributed by atoms with E-state index in [1.54, 1.807) is 30.3 Å². The first kappa shape index (κ1) is 12.0. The van der Waals surface area contributed by atoms with Crippen molar-refractivity contribution in [3.63, 3.8) is 0 Å². The van der Waals surface area contributed by atoms with Crippen molar-refractivity contribution < 1.29 is 4.79 Å². The molecule has 1 amide bonds. The lowest BCUT2D eigenvalue weighted by atomic mass is 10.1. The van der Waals surface area contributed by atoms with Crippen LogP contribution in [0, 0.1) is 6.92 Å². The summed E-state index contributed by atoms with van der Waals surface area (Å²) in [5.74, 6) is -0.224. The van der Waals surface area contributed by atoms with Gasteiger partial charge in [-0.15, -0.1) is 0 Å². The fourth-order valence-corrected chi connectivity index (χ4v) is 1.67. The number of nitrogen functional groups attached to an aromatic ring is 2. The molecule has 0 heterocycles. The summed E-state index contributed by atoms with van der Waals surface area (Å²) in [5, 5.41) is 2.76. The van der Waals surface area contributed by atoms with E-state index in [9.17, 15) is 4.79 Å². The largest absolute Gasteiger partial charge is 0.399 e. The number of carbonyl (C=O) groups excluding carboxylic acids is 1. The van der Waals surface area contributed by atoms with E-state index in [0.717, 1.165) is 5.56 Å². The molecule has 0 unspecified atom stereocenters. The molecule has 0 bridgehead atoms. The monoisotopic (exact) mass is 241 g/mol. The van der Waals surface area contributed by atoms with Crippen LogP contribution in [0.2, 0.25) is 0 Å². The molecule has 0 saturated heterocycles. The van der Waals surface area contributed by atoms with Gasteiger partial charge in [0.25, 0.3) is 5.91 Å². The molecule has 0 aromatic heterocycles. The molecule has 0 fully saturated rings. The minimum Gasteiger partial charge on any atom is -0.399 e. The number of aryl methyl sites for hydroxylation is 1. The highest BCUT2D eigenvalue weighted by atomic mass is 16.1. The molecule has 0 radical (unpaired) electrons. The average molecular weight is 241 g/mol. The zero-order chi connectivity index (χ0) is 13.1. The lowest BCUT2D eigenvalue weighted by molar-refractivity contribution is 0.102. The molecule has 5 N–H and O–H groups in total. The number of nitrogens with one attached hydrogen (secondary N) is 1. The van der Waals surface area contributed by atoms with Crippen LogP contribution >= 0.6 is 0 Å². The number of benzene rings is 2. The Morgan fingerprint density at radius 3 is 2.56 bits per heavy atom. The van der Waals surface area contributed by atoms with Crippen molar-refractivity contribution in [1.82, 2.24) is 0 Å². The van der Waals surface area contributed by atoms with Crippen LogP contribution in [-0.2, 0) is 0 Å². The van der Waals surface area contributed by atoms with Crippen LogP contribution in [0.1, 0.15) is 15.9 Å². The van der Waals surface area contributed by atoms with Crippen molar-refractivity contribution in [1.29, 1.82) is 0 Å². The van der Waals surface area contributed by atoms with Crippen molar-refractivity contribution in [2.75, 3.05) is 16.8 Å². The van der Waals surface area contributed by atoms with E-state index in [1.807, 2.05) is 19.1 Å². The Morgan fingerprint density at radius 2 is 1.89 bits per heavy atom. The first-order valence-corrected chi connectivity index (χ1v) is 5.59. The van der Waals surface area contributed by atoms with Crippen LogP contribution in [0.3, 0.4) is 0 Å². The number of carbonyl (C=O) groups is 1. The van der Waals surface area contributed by atoms with Gasteiger partial charge in [0.05, 0.1) is 11.4 Å². The van der Waals surface area contributed by atoms with Crippen LogP contribution in [0.15, 0.2) is 42.5 Å². The first-order chi connectivity index (χ1) is 8.56. The van der Waals surface area contributed by atoms with Gasteiger partial charge in [0.2, 0.25) is 0 Å². The molecule has 0 aliphatic rings. The molecule has 2 rings (SSSR count). The summed E-state index contributed by atoms with van der Waals surface area (Å²) >= 11 is 0.